The van der Waals surface area contributed by atoms with Gasteiger partial charge in [0.15, 0.2) is 0 Å². The zero-order chi connectivity index (χ0) is 17.6. The van der Waals surface area contributed by atoms with Crippen LogP contribution in [0, 0.1) is 0 Å². The molecular weight excluding hydrogens is 308 g/mol. The summed E-state index contributed by atoms with van der Waals surface area (Å²) in [5, 5.41) is 0. The second-order valence-corrected chi connectivity index (χ2v) is 7.15. The molecular formula is C23H36O2. The lowest BCUT2D eigenvalue weighted by Crippen LogP contribution is -2.05. The zero-order valence-electron chi connectivity index (χ0n) is 16.1. The molecule has 1 aromatic rings. The number of allylic oxidation sites excluding steroid dienone is 2. The van der Waals surface area contributed by atoms with E-state index in [1.165, 1.54) is 63.4 Å². The summed E-state index contributed by atoms with van der Waals surface area (Å²) >= 11 is 0. The number of para-hydroxylation sites is 1. The number of epoxide rings is 1. The van der Waals surface area contributed by atoms with Gasteiger partial charge in [0.1, 0.15) is 18.5 Å². The van der Waals surface area contributed by atoms with Crippen LogP contribution in [0.2, 0.25) is 0 Å². The number of unbranched alkanes of at least 4 members (excludes halogenated alkanes) is 8. The molecule has 1 aliphatic rings. The Morgan fingerprint density at radius 3 is 2.40 bits per heavy atom. The van der Waals surface area contributed by atoms with E-state index in [1.807, 2.05) is 0 Å². The monoisotopic (exact) mass is 344 g/mol. The molecule has 0 saturated carbocycles. The first-order chi connectivity index (χ1) is 12.4. The number of rotatable bonds is 15. The standard InChI is InChI=1S/C23H36O2/c1-2-3-4-5-6-7-8-9-10-11-12-13-16-21-17-14-15-18-23(21)25-20-22-19-24-22/h10-11,14-15,17-18,22H,2-9,12-13,16,19-20H2,1H3/b11-10+. The minimum absolute atomic E-state index is 0.322. The molecule has 1 unspecified atom stereocenters. The van der Waals surface area contributed by atoms with Gasteiger partial charge in [-0.3, -0.25) is 0 Å². The average molecular weight is 345 g/mol. The van der Waals surface area contributed by atoms with Gasteiger partial charge in [0, 0.05) is 0 Å². The summed E-state index contributed by atoms with van der Waals surface area (Å²) in [7, 11) is 0. The van der Waals surface area contributed by atoms with Gasteiger partial charge in [-0.2, -0.15) is 0 Å². The number of aryl methyl sites for hydroxylation is 1. The van der Waals surface area contributed by atoms with Crippen LogP contribution in [0.15, 0.2) is 36.4 Å². The molecule has 1 heterocycles. The number of hydrogen-bond donors (Lipinski definition) is 0. The maximum absolute atomic E-state index is 5.88. The van der Waals surface area contributed by atoms with Gasteiger partial charge in [-0.15, -0.1) is 0 Å². The van der Waals surface area contributed by atoms with Crippen LogP contribution >= 0.6 is 0 Å². The van der Waals surface area contributed by atoms with E-state index in [1.54, 1.807) is 0 Å². The molecule has 0 amide bonds. The van der Waals surface area contributed by atoms with Crippen molar-refractivity contribution in [1.29, 1.82) is 0 Å². The summed E-state index contributed by atoms with van der Waals surface area (Å²) in [6.07, 6.45) is 19.5. The summed E-state index contributed by atoms with van der Waals surface area (Å²) < 4.78 is 11.1. The van der Waals surface area contributed by atoms with Gasteiger partial charge in [-0.25, -0.2) is 0 Å². The highest BCUT2D eigenvalue weighted by atomic mass is 16.6. The molecule has 140 valence electrons. The molecule has 0 aromatic heterocycles. The van der Waals surface area contributed by atoms with E-state index in [4.69, 9.17) is 9.47 Å². The Labute approximate surface area is 154 Å². The highest BCUT2D eigenvalue weighted by Crippen LogP contribution is 2.22. The van der Waals surface area contributed by atoms with E-state index in [2.05, 4.69) is 43.3 Å². The van der Waals surface area contributed by atoms with Crippen LogP contribution in [0.5, 0.6) is 5.75 Å². The lowest BCUT2D eigenvalue weighted by atomic mass is 10.1. The summed E-state index contributed by atoms with van der Waals surface area (Å²) in [6.45, 7) is 3.82. The van der Waals surface area contributed by atoms with E-state index < -0.39 is 0 Å². The van der Waals surface area contributed by atoms with Crippen molar-refractivity contribution in [3.8, 4) is 5.75 Å². The van der Waals surface area contributed by atoms with Crippen molar-refractivity contribution in [3.63, 3.8) is 0 Å². The quantitative estimate of drug-likeness (QED) is 0.206. The molecule has 0 aliphatic carbocycles. The minimum Gasteiger partial charge on any atom is -0.491 e. The van der Waals surface area contributed by atoms with E-state index in [-0.39, 0.29) is 0 Å². The molecule has 25 heavy (non-hydrogen) atoms. The SMILES string of the molecule is CCCCCCCCC/C=C/CCCc1ccccc1OCC1CO1. The van der Waals surface area contributed by atoms with Crippen LogP contribution in [0.3, 0.4) is 0 Å². The highest BCUT2D eigenvalue weighted by Gasteiger charge is 2.23. The van der Waals surface area contributed by atoms with Crippen molar-refractivity contribution in [1.82, 2.24) is 0 Å². The highest BCUT2D eigenvalue weighted by molar-refractivity contribution is 5.33. The number of ether oxygens (including phenoxy) is 2. The second-order valence-electron chi connectivity index (χ2n) is 7.15. The van der Waals surface area contributed by atoms with Gasteiger partial charge in [-0.05, 0) is 43.7 Å². The topological polar surface area (TPSA) is 21.8 Å². The van der Waals surface area contributed by atoms with Crippen molar-refractivity contribution in [2.24, 2.45) is 0 Å². The third-order valence-electron chi connectivity index (χ3n) is 4.76. The molecule has 2 nitrogen and oxygen atoms in total. The van der Waals surface area contributed by atoms with Gasteiger partial charge >= 0.3 is 0 Å². The van der Waals surface area contributed by atoms with Gasteiger partial charge < -0.3 is 9.47 Å². The van der Waals surface area contributed by atoms with E-state index >= 15 is 0 Å². The molecule has 1 aromatic carbocycles. The molecule has 1 saturated heterocycles. The normalized spacial score (nSPS) is 16.4. The lowest BCUT2D eigenvalue weighted by molar-refractivity contribution is 0.261. The van der Waals surface area contributed by atoms with Crippen molar-refractivity contribution >= 4 is 0 Å². The molecule has 0 bridgehead atoms. The Kier molecular flexibility index (Phi) is 10.4. The van der Waals surface area contributed by atoms with Crippen LogP contribution in [-0.2, 0) is 11.2 Å². The lowest BCUT2D eigenvalue weighted by Gasteiger charge is -2.10. The predicted octanol–water partition coefficient (Wildman–Crippen LogP) is 6.48. The van der Waals surface area contributed by atoms with Crippen LogP contribution in [0.1, 0.15) is 76.7 Å². The van der Waals surface area contributed by atoms with Gasteiger partial charge in [0.2, 0.25) is 0 Å². The Morgan fingerprint density at radius 1 is 0.960 bits per heavy atom. The van der Waals surface area contributed by atoms with Crippen molar-refractivity contribution < 1.29 is 9.47 Å². The molecule has 1 fully saturated rings. The first-order valence-corrected chi connectivity index (χ1v) is 10.4. The van der Waals surface area contributed by atoms with Gasteiger partial charge in [-0.1, -0.05) is 75.8 Å². The van der Waals surface area contributed by atoms with Gasteiger partial charge in [0.25, 0.3) is 0 Å². The Bertz CT molecular complexity index is 477. The number of hydrogen-bond acceptors (Lipinski definition) is 2. The molecule has 1 aliphatic heterocycles. The molecule has 1 atom stereocenters. The maximum atomic E-state index is 5.88. The maximum Gasteiger partial charge on any atom is 0.122 e. The average Bonchev–Trinajstić information content (AvgIpc) is 3.46. The Morgan fingerprint density at radius 2 is 1.64 bits per heavy atom. The third-order valence-corrected chi connectivity index (χ3v) is 4.76. The zero-order valence-corrected chi connectivity index (χ0v) is 16.1. The van der Waals surface area contributed by atoms with E-state index in [0.29, 0.717) is 12.7 Å². The molecule has 0 radical (unpaired) electrons. The van der Waals surface area contributed by atoms with Crippen molar-refractivity contribution in [3.05, 3.63) is 42.0 Å². The molecule has 2 heteroatoms. The summed E-state index contributed by atoms with van der Waals surface area (Å²) in [5.41, 5.74) is 1.32. The van der Waals surface area contributed by atoms with Crippen LogP contribution < -0.4 is 4.74 Å². The fraction of sp³-hybridized carbons (Fsp3) is 0.652. The fourth-order valence-corrected chi connectivity index (χ4v) is 3.06. The minimum atomic E-state index is 0.322. The van der Waals surface area contributed by atoms with Crippen LogP contribution in [-0.4, -0.2) is 19.3 Å². The molecule has 0 N–H and O–H groups in total. The number of benzene rings is 1. The largest absolute Gasteiger partial charge is 0.491 e. The van der Waals surface area contributed by atoms with Crippen molar-refractivity contribution in [2.75, 3.05) is 13.2 Å². The Balaban J connectivity index is 1.49. The first kappa shape index (κ1) is 20.0. The van der Waals surface area contributed by atoms with Crippen molar-refractivity contribution in [2.45, 2.75) is 83.7 Å². The second kappa shape index (κ2) is 13.0. The van der Waals surface area contributed by atoms with Crippen LogP contribution in [0.25, 0.3) is 0 Å². The predicted molar refractivity (Wildman–Crippen MR) is 106 cm³/mol. The fourth-order valence-electron chi connectivity index (χ4n) is 3.06. The smallest absolute Gasteiger partial charge is 0.122 e. The molecule has 0 spiro atoms. The summed E-state index contributed by atoms with van der Waals surface area (Å²) in [4.78, 5) is 0. The van der Waals surface area contributed by atoms with Gasteiger partial charge in [0.05, 0.1) is 6.61 Å². The third kappa shape index (κ3) is 9.69. The summed E-state index contributed by atoms with van der Waals surface area (Å²) in [6, 6.07) is 8.42. The molecule has 2 rings (SSSR count). The van der Waals surface area contributed by atoms with Crippen LogP contribution in [0.4, 0.5) is 0 Å². The summed E-state index contributed by atoms with van der Waals surface area (Å²) in [5.74, 6) is 1.03. The van der Waals surface area contributed by atoms with E-state index in [0.717, 1.165) is 25.2 Å². The first-order valence-electron chi connectivity index (χ1n) is 10.4. The van der Waals surface area contributed by atoms with E-state index in [9.17, 15) is 0 Å². The Hall–Kier alpha value is -1.28.